The third kappa shape index (κ3) is 3.16. The predicted octanol–water partition coefficient (Wildman–Crippen LogP) is -0.0765. The van der Waals surface area contributed by atoms with E-state index in [0.29, 0.717) is 25.2 Å². The van der Waals surface area contributed by atoms with Gasteiger partial charge in [-0.15, -0.1) is 0 Å². The molecule has 0 spiro atoms. The molecular weight excluding hydrogens is 296 g/mol. The lowest BCUT2D eigenvalue weighted by molar-refractivity contribution is 0.0259. The summed E-state index contributed by atoms with van der Waals surface area (Å²) in [6.07, 6.45) is 7.08. The number of β-amino-alcohol motifs (C(OH)–C–C–N with tert-alkyl or cyclic N) is 1. The van der Waals surface area contributed by atoms with Crippen LogP contribution in [0.15, 0.2) is 30.9 Å². The summed E-state index contributed by atoms with van der Waals surface area (Å²) in [6, 6.07) is 1.67. The van der Waals surface area contributed by atoms with Crippen molar-refractivity contribution in [2.75, 3.05) is 31.6 Å². The number of hydrogen-bond acceptors (Lipinski definition) is 6. The van der Waals surface area contributed by atoms with E-state index < -0.39 is 5.60 Å². The average Bonchev–Trinajstić information content (AvgIpc) is 3.13. The lowest BCUT2D eigenvalue weighted by Crippen LogP contribution is -2.46. The van der Waals surface area contributed by atoms with Crippen molar-refractivity contribution in [3.05, 3.63) is 36.5 Å². The number of amides is 1. The maximum atomic E-state index is 12.4. The Balaban J connectivity index is 1.66. The van der Waals surface area contributed by atoms with Crippen molar-refractivity contribution in [2.45, 2.75) is 12.0 Å². The summed E-state index contributed by atoms with van der Waals surface area (Å²) in [4.78, 5) is 24.2. The molecule has 8 heteroatoms. The smallest absolute Gasteiger partial charge is 0.271 e. The Hall–Kier alpha value is -2.48. The summed E-state index contributed by atoms with van der Waals surface area (Å²) in [5.41, 5.74) is -0.458. The molecular formula is C15H20N6O2. The second-order valence-corrected chi connectivity index (χ2v) is 5.96. The molecule has 122 valence electrons. The van der Waals surface area contributed by atoms with Crippen LogP contribution in [0.5, 0.6) is 0 Å². The molecule has 3 rings (SSSR count). The second-order valence-electron chi connectivity index (χ2n) is 5.96. The quantitative estimate of drug-likeness (QED) is 0.849. The van der Waals surface area contributed by atoms with Gasteiger partial charge in [0.05, 0.1) is 12.7 Å². The van der Waals surface area contributed by atoms with Gasteiger partial charge in [-0.3, -0.25) is 14.5 Å². The van der Waals surface area contributed by atoms with E-state index in [1.54, 1.807) is 44.9 Å². The fourth-order valence-electron chi connectivity index (χ4n) is 2.93. The van der Waals surface area contributed by atoms with Gasteiger partial charge in [0.1, 0.15) is 17.1 Å². The first-order valence-electron chi connectivity index (χ1n) is 7.45. The lowest BCUT2D eigenvalue weighted by Gasteiger charge is -2.29. The highest BCUT2D eigenvalue weighted by Crippen LogP contribution is 2.26. The monoisotopic (exact) mass is 316 g/mol. The summed E-state index contributed by atoms with van der Waals surface area (Å²) < 4.78 is 1.53. The summed E-state index contributed by atoms with van der Waals surface area (Å²) in [7, 11) is 3.42. The highest BCUT2D eigenvalue weighted by atomic mass is 16.3. The lowest BCUT2D eigenvalue weighted by atomic mass is 10.0. The van der Waals surface area contributed by atoms with Crippen LogP contribution in [0.25, 0.3) is 0 Å². The Morgan fingerprint density at radius 3 is 2.91 bits per heavy atom. The molecule has 0 unspecified atom stereocenters. The van der Waals surface area contributed by atoms with E-state index in [1.807, 2.05) is 4.90 Å². The summed E-state index contributed by atoms with van der Waals surface area (Å²) in [5.74, 6) is 0.584. The van der Waals surface area contributed by atoms with Crippen molar-refractivity contribution in [2.24, 2.45) is 7.05 Å². The maximum absolute atomic E-state index is 12.4. The third-order valence-corrected chi connectivity index (χ3v) is 4.12. The van der Waals surface area contributed by atoms with Crippen LogP contribution >= 0.6 is 0 Å². The number of carbonyl (C=O) groups excluding carboxylic acids is 1. The minimum atomic E-state index is -0.958. The number of nitrogens with zero attached hydrogens (tertiary/aromatic N) is 6. The van der Waals surface area contributed by atoms with Crippen LogP contribution in [0.2, 0.25) is 0 Å². The average molecular weight is 316 g/mol. The Labute approximate surface area is 134 Å². The molecule has 0 radical (unpaired) electrons. The topological polar surface area (TPSA) is 87.4 Å². The minimum Gasteiger partial charge on any atom is -0.386 e. The number of aryl methyl sites for hydroxylation is 1. The van der Waals surface area contributed by atoms with Crippen LogP contribution in [0.1, 0.15) is 16.9 Å². The zero-order chi connectivity index (χ0) is 16.4. The largest absolute Gasteiger partial charge is 0.386 e. The number of aliphatic hydroxyl groups is 1. The maximum Gasteiger partial charge on any atom is 0.271 e. The van der Waals surface area contributed by atoms with Gasteiger partial charge in [0.15, 0.2) is 0 Å². The van der Waals surface area contributed by atoms with Gasteiger partial charge in [-0.05, 0) is 12.5 Å². The summed E-state index contributed by atoms with van der Waals surface area (Å²) >= 11 is 0. The highest BCUT2D eigenvalue weighted by molar-refractivity contribution is 5.92. The SMILES string of the molecule is CN(C[C@]1(O)CCN(c2cnccn2)C1)C(=O)c1ccnn1C. The molecule has 1 N–H and O–H groups in total. The Morgan fingerprint density at radius 2 is 2.26 bits per heavy atom. The van der Waals surface area contributed by atoms with Gasteiger partial charge in [0, 0.05) is 45.8 Å². The first-order chi connectivity index (χ1) is 11.0. The van der Waals surface area contributed by atoms with Gasteiger partial charge in [-0.25, -0.2) is 4.98 Å². The van der Waals surface area contributed by atoms with Gasteiger partial charge in [-0.2, -0.15) is 5.10 Å². The van der Waals surface area contributed by atoms with Crippen molar-refractivity contribution >= 4 is 11.7 Å². The van der Waals surface area contributed by atoms with Crippen molar-refractivity contribution in [3.63, 3.8) is 0 Å². The molecule has 1 fully saturated rings. The summed E-state index contributed by atoms with van der Waals surface area (Å²) in [5, 5.41) is 14.8. The van der Waals surface area contributed by atoms with Gasteiger partial charge in [-0.1, -0.05) is 0 Å². The third-order valence-electron chi connectivity index (χ3n) is 4.12. The van der Waals surface area contributed by atoms with E-state index in [1.165, 1.54) is 9.58 Å². The fraction of sp³-hybridized carbons (Fsp3) is 0.467. The van der Waals surface area contributed by atoms with E-state index in [9.17, 15) is 9.90 Å². The number of aromatic nitrogens is 4. The van der Waals surface area contributed by atoms with Crippen LogP contribution in [0, 0.1) is 0 Å². The Kier molecular flexibility index (Phi) is 3.99. The van der Waals surface area contributed by atoms with E-state index in [4.69, 9.17) is 0 Å². The van der Waals surface area contributed by atoms with Crippen LogP contribution in [-0.4, -0.2) is 67.9 Å². The van der Waals surface area contributed by atoms with E-state index in [0.717, 1.165) is 5.82 Å². The molecule has 0 aliphatic carbocycles. The predicted molar refractivity (Wildman–Crippen MR) is 84.0 cm³/mol. The van der Waals surface area contributed by atoms with Crippen LogP contribution in [0.4, 0.5) is 5.82 Å². The Bertz CT molecular complexity index is 688. The molecule has 2 aromatic rings. The van der Waals surface area contributed by atoms with E-state index >= 15 is 0 Å². The second kappa shape index (κ2) is 5.96. The van der Waals surface area contributed by atoms with E-state index in [-0.39, 0.29) is 12.5 Å². The zero-order valence-electron chi connectivity index (χ0n) is 13.3. The molecule has 1 saturated heterocycles. The van der Waals surface area contributed by atoms with E-state index in [2.05, 4.69) is 15.1 Å². The minimum absolute atomic E-state index is 0.156. The van der Waals surface area contributed by atoms with Crippen molar-refractivity contribution in [1.82, 2.24) is 24.6 Å². The number of hydrogen-bond donors (Lipinski definition) is 1. The van der Waals surface area contributed by atoms with Crippen LogP contribution in [0.3, 0.4) is 0 Å². The van der Waals surface area contributed by atoms with Crippen LogP contribution in [-0.2, 0) is 7.05 Å². The normalized spacial score (nSPS) is 20.7. The standard InChI is InChI=1S/C15H20N6O2/c1-19(14(22)12-3-5-18-20(12)2)10-15(23)4-8-21(11-15)13-9-16-6-7-17-13/h3,5-7,9,23H,4,8,10-11H2,1-2H3/t15-/m1/s1. The van der Waals surface area contributed by atoms with Gasteiger partial charge in [0.25, 0.3) is 5.91 Å². The number of rotatable bonds is 4. The molecule has 23 heavy (non-hydrogen) atoms. The van der Waals surface area contributed by atoms with Crippen molar-refractivity contribution < 1.29 is 9.90 Å². The number of anilines is 1. The van der Waals surface area contributed by atoms with Crippen molar-refractivity contribution in [1.29, 1.82) is 0 Å². The fourth-order valence-corrected chi connectivity index (χ4v) is 2.93. The van der Waals surface area contributed by atoms with Gasteiger partial charge < -0.3 is 14.9 Å². The van der Waals surface area contributed by atoms with Crippen LogP contribution < -0.4 is 4.90 Å². The molecule has 8 nitrogen and oxygen atoms in total. The van der Waals surface area contributed by atoms with Gasteiger partial charge >= 0.3 is 0 Å². The highest BCUT2D eigenvalue weighted by Gasteiger charge is 2.38. The molecule has 1 atom stereocenters. The Morgan fingerprint density at radius 1 is 1.43 bits per heavy atom. The van der Waals surface area contributed by atoms with Gasteiger partial charge in [0.2, 0.25) is 0 Å². The molecule has 1 aliphatic rings. The number of carbonyl (C=O) groups is 1. The first kappa shape index (κ1) is 15.4. The first-order valence-corrected chi connectivity index (χ1v) is 7.45. The molecule has 0 aromatic carbocycles. The molecule has 1 amide bonds. The zero-order valence-corrected chi connectivity index (χ0v) is 13.3. The molecule has 0 bridgehead atoms. The van der Waals surface area contributed by atoms with Crippen molar-refractivity contribution in [3.8, 4) is 0 Å². The summed E-state index contributed by atoms with van der Waals surface area (Å²) in [6.45, 7) is 1.37. The molecule has 1 aliphatic heterocycles. The number of likely N-dealkylation sites (N-methyl/N-ethyl adjacent to an activating group) is 1. The molecule has 2 aromatic heterocycles. The molecule has 0 saturated carbocycles. The molecule has 3 heterocycles.